The summed E-state index contributed by atoms with van der Waals surface area (Å²) >= 11 is 1.77. The molecular weight excluding hydrogens is 305 g/mol. The normalized spacial score (nSPS) is 20.7. The van der Waals surface area contributed by atoms with Gasteiger partial charge in [0.05, 0.1) is 5.92 Å². The molecule has 4 heteroatoms. The molecule has 1 heterocycles. The standard InChI is InChI=1S/C11H10INO2/c12-11(15)8-6-10(14)13(7-8)9-4-2-1-3-5-9/h1-5,8H,6-7H2/t8-/m1/s1. The van der Waals surface area contributed by atoms with E-state index in [9.17, 15) is 9.59 Å². The molecular formula is C11H10INO2. The second-order valence-electron chi connectivity index (χ2n) is 3.55. The van der Waals surface area contributed by atoms with Gasteiger partial charge in [0.1, 0.15) is 0 Å². The van der Waals surface area contributed by atoms with Gasteiger partial charge in [-0.05, 0) is 34.7 Å². The van der Waals surface area contributed by atoms with Crippen LogP contribution < -0.4 is 4.90 Å². The van der Waals surface area contributed by atoms with Crippen LogP contribution in [0.1, 0.15) is 6.42 Å². The van der Waals surface area contributed by atoms with Crippen molar-refractivity contribution in [3.05, 3.63) is 30.3 Å². The Hall–Kier alpha value is -0.910. The first kappa shape index (κ1) is 10.6. The monoisotopic (exact) mass is 315 g/mol. The van der Waals surface area contributed by atoms with Gasteiger partial charge in [-0.15, -0.1) is 0 Å². The SMILES string of the molecule is O=C(I)[C@@H]1CC(=O)N(c2ccccc2)C1. The van der Waals surface area contributed by atoms with Crippen molar-refractivity contribution in [2.45, 2.75) is 6.42 Å². The number of hydrogen-bond donors (Lipinski definition) is 0. The Morgan fingerprint density at radius 1 is 1.33 bits per heavy atom. The zero-order valence-electron chi connectivity index (χ0n) is 8.02. The molecule has 1 amide bonds. The quantitative estimate of drug-likeness (QED) is 0.618. The van der Waals surface area contributed by atoms with Crippen LogP contribution in [0.5, 0.6) is 0 Å². The smallest absolute Gasteiger partial charge is 0.227 e. The van der Waals surface area contributed by atoms with Gasteiger partial charge in [-0.3, -0.25) is 9.59 Å². The van der Waals surface area contributed by atoms with Crippen molar-refractivity contribution >= 4 is 38.0 Å². The fraction of sp³-hybridized carbons (Fsp3) is 0.273. The molecule has 0 unspecified atom stereocenters. The van der Waals surface area contributed by atoms with Crippen LogP contribution in [0.25, 0.3) is 0 Å². The second kappa shape index (κ2) is 4.30. The van der Waals surface area contributed by atoms with Gasteiger partial charge in [-0.25, -0.2) is 0 Å². The summed E-state index contributed by atoms with van der Waals surface area (Å²) in [5, 5.41) is 0. The summed E-state index contributed by atoms with van der Waals surface area (Å²) in [7, 11) is 0. The van der Waals surface area contributed by atoms with Crippen molar-refractivity contribution in [1.29, 1.82) is 0 Å². The van der Waals surface area contributed by atoms with Gasteiger partial charge >= 0.3 is 0 Å². The molecule has 0 aliphatic carbocycles. The Morgan fingerprint density at radius 2 is 2.00 bits per heavy atom. The lowest BCUT2D eigenvalue weighted by atomic mass is 10.1. The van der Waals surface area contributed by atoms with Gasteiger partial charge in [0.2, 0.25) is 5.91 Å². The van der Waals surface area contributed by atoms with E-state index in [1.807, 2.05) is 30.3 Å². The molecule has 0 saturated carbocycles. The van der Waals surface area contributed by atoms with E-state index in [2.05, 4.69) is 0 Å². The Kier molecular flexibility index (Phi) is 3.04. The molecule has 0 aromatic heterocycles. The molecule has 0 bridgehead atoms. The number of para-hydroxylation sites is 1. The predicted molar refractivity (Wildman–Crippen MR) is 65.9 cm³/mol. The number of amides is 1. The minimum atomic E-state index is -0.140. The number of carbonyl (C=O) groups excluding carboxylic acids is 2. The number of halogens is 1. The van der Waals surface area contributed by atoms with Crippen molar-refractivity contribution < 1.29 is 9.59 Å². The Bertz CT molecular complexity index is 391. The molecule has 0 radical (unpaired) electrons. The Balaban J connectivity index is 2.19. The third-order valence-corrected chi connectivity index (χ3v) is 3.39. The third kappa shape index (κ3) is 2.19. The van der Waals surface area contributed by atoms with E-state index >= 15 is 0 Å². The first-order valence-corrected chi connectivity index (χ1v) is 5.81. The van der Waals surface area contributed by atoms with Crippen molar-refractivity contribution in [3.63, 3.8) is 0 Å². The van der Waals surface area contributed by atoms with E-state index in [0.29, 0.717) is 13.0 Å². The molecule has 1 aromatic carbocycles. The number of nitrogens with zero attached hydrogens (tertiary/aromatic N) is 1. The summed E-state index contributed by atoms with van der Waals surface area (Å²) < 4.78 is 0.0689. The van der Waals surface area contributed by atoms with Crippen LogP contribution in [0.4, 0.5) is 5.69 Å². The number of anilines is 1. The molecule has 1 aliphatic heterocycles. The first-order chi connectivity index (χ1) is 7.18. The summed E-state index contributed by atoms with van der Waals surface area (Å²) in [6.45, 7) is 0.518. The van der Waals surface area contributed by atoms with E-state index in [-0.39, 0.29) is 15.6 Å². The Morgan fingerprint density at radius 3 is 2.53 bits per heavy atom. The molecule has 1 fully saturated rings. The van der Waals surface area contributed by atoms with Crippen molar-refractivity contribution in [3.8, 4) is 0 Å². The average Bonchev–Trinajstić information content (AvgIpc) is 2.62. The van der Waals surface area contributed by atoms with E-state index in [1.165, 1.54) is 0 Å². The molecule has 1 atom stereocenters. The van der Waals surface area contributed by atoms with Crippen LogP contribution in [-0.2, 0) is 9.59 Å². The zero-order valence-corrected chi connectivity index (χ0v) is 10.2. The summed E-state index contributed by atoms with van der Waals surface area (Å²) in [4.78, 5) is 24.5. The van der Waals surface area contributed by atoms with Crippen molar-refractivity contribution in [2.75, 3.05) is 11.4 Å². The topological polar surface area (TPSA) is 37.4 Å². The lowest BCUT2D eigenvalue weighted by Gasteiger charge is -2.15. The fourth-order valence-corrected chi connectivity index (χ4v) is 2.13. The number of hydrogen-bond acceptors (Lipinski definition) is 2. The summed E-state index contributed by atoms with van der Waals surface area (Å²) in [6, 6.07) is 9.46. The number of carbonyl (C=O) groups is 2. The molecule has 0 spiro atoms. The maximum atomic E-state index is 11.7. The van der Waals surface area contributed by atoms with Crippen LogP contribution >= 0.6 is 22.6 Å². The van der Waals surface area contributed by atoms with Crippen molar-refractivity contribution in [1.82, 2.24) is 0 Å². The maximum Gasteiger partial charge on any atom is 0.227 e. The van der Waals surface area contributed by atoms with E-state index in [4.69, 9.17) is 0 Å². The van der Waals surface area contributed by atoms with Crippen LogP contribution in [0.2, 0.25) is 0 Å². The van der Waals surface area contributed by atoms with Gasteiger partial charge < -0.3 is 4.90 Å². The molecule has 1 saturated heterocycles. The van der Waals surface area contributed by atoms with Gasteiger partial charge in [0.25, 0.3) is 0 Å². The summed E-state index contributed by atoms with van der Waals surface area (Å²) in [5.41, 5.74) is 0.877. The highest BCUT2D eigenvalue weighted by atomic mass is 127. The van der Waals surface area contributed by atoms with E-state index < -0.39 is 0 Å². The predicted octanol–water partition coefficient (Wildman–Crippen LogP) is 2.00. The zero-order chi connectivity index (χ0) is 10.8. The van der Waals surface area contributed by atoms with Gasteiger partial charge in [-0.1, -0.05) is 18.2 Å². The maximum absolute atomic E-state index is 11.7. The lowest BCUT2D eigenvalue weighted by molar-refractivity contribution is -0.119. The van der Waals surface area contributed by atoms with Crippen molar-refractivity contribution in [2.24, 2.45) is 5.92 Å². The van der Waals surface area contributed by atoms with Gasteiger partial charge in [0.15, 0.2) is 3.79 Å². The molecule has 2 rings (SSSR count). The summed E-state index contributed by atoms with van der Waals surface area (Å²) in [6.07, 6.45) is 0.344. The molecule has 15 heavy (non-hydrogen) atoms. The molecule has 3 nitrogen and oxygen atoms in total. The van der Waals surface area contributed by atoms with Gasteiger partial charge in [0, 0.05) is 18.7 Å². The van der Waals surface area contributed by atoms with Crippen LogP contribution in [0, 0.1) is 5.92 Å². The highest BCUT2D eigenvalue weighted by Crippen LogP contribution is 2.26. The molecule has 1 aromatic rings. The van der Waals surface area contributed by atoms with Crippen LogP contribution in [0.3, 0.4) is 0 Å². The summed E-state index contributed by atoms with van der Waals surface area (Å²) in [5.74, 6) is -0.102. The first-order valence-electron chi connectivity index (χ1n) is 4.73. The fourth-order valence-electron chi connectivity index (χ4n) is 1.72. The highest BCUT2D eigenvalue weighted by molar-refractivity contribution is 14.1. The molecule has 78 valence electrons. The minimum absolute atomic E-state index is 0.0382. The minimum Gasteiger partial charge on any atom is -0.312 e. The number of benzene rings is 1. The molecule has 1 aliphatic rings. The Labute approximate surface area is 102 Å². The van der Waals surface area contributed by atoms with Crippen LogP contribution in [-0.4, -0.2) is 16.2 Å². The highest BCUT2D eigenvalue weighted by Gasteiger charge is 2.33. The molecule has 0 N–H and O–H groups in total. The number of rotatable bonds is 2. The van der Waals surface area contributed by atoms with E-state index in [0.717, 1.165) is 5.69 Å². The average molecular weight is 315 g/mol. The third-order valence-electron chi connectivity index (χ3n) is 2.51. The van der Waals surface area contributed by atoms with Gasteiger partial charge in [-0.2, -0.15) is 0 Å². The van der Waals surface area contributed by atoms with Crippen LogP contribution in [0.15, 0.2) is 30.3 Å². The lowest BCUT2D eigenvalue weighted by Crippen LogP contribution is -2.24. The second-order valence-corrected chi connectivity index (χ2v) is 4.61. The largest absolute Gasteiger partial charge is 0.312 e. The van der Waals surface area contributed by atoms with E-state index in [1.54, 1.807) is 27.5 Å².